The van der Waals surface area contributed by atoms with E-state index in [2.05, 4.69) is 0 Å². The van der Waals surface area contributed by atoms with Crippen LogP contribution in [0.4, 0.5) is 4.79 Å². The summed E-state index contributed by atoms with van der Waals surface area (Å²) in [7, 11) is -2.95. The smallest absolute Gasteiger partial charge is 0.301 e. The first kappa shape index (κ1) is 11.5. The van der Waals surface area contributed by atoms with Gasteiger partial charge in [-0.15, -0.1) is 0 Å². The average molecular weight is 224 g/mol. The van der Waals surface area contributed by atoms with Crippen LogP contribution in [0.15, 0.2) is 30.3 Å². The van der Waals surface area contributed by atoms with Crippen molar-refractivity contribution >= 4 is 24.8 Å². The Morgan fingerprint density at radius 2 is 1.73 bits per heavy atom. The van der Waals surface area contributed by atoms with Crippen molar-refractivity contribution in [3.63, 3.8) is 0 Å². The van der Waals surface area contributed by atoms with E-state index in [1.54, 1.807) is 36.9 Å². The number of benzene rings is 1. The van der Waals surface area contributed by atoms with Gasteiger partial charge < -0.3 is 10.2 Å². The number of rotatable bonds is 4. The highest BCUT2D eigenvalue weighted by molar-refractivity contribution is 7.13. The quantitative estimate of drug-likeness (QED) is 0.756. The molecule has 0 aliphatic heterocycles. The van der Waals surface area contributed by atoms with Crippen LogP contribution in [0.1, 0.15) is 0 Å². The van der Waals surface area contributed by atoms with Gasteiger partial charge in [0.25, 0.3) is 5.59 Å². The molecule has 1 atom stereocenters. The summed E-state index contributed by atoms with van der Waals surface area (Å²) in [5.41, 5.74) is -0.990. The molecule has 0 heterocycles. The molecule has 0 radical (unpaired) electrons. The van der Waals surface area contributed by atoms with Gasteiger partial charge in [0, 0.05) is 0 Å². The van der Waals surface area contributed by atoms with E-state index in [0.717, 1.165) is 0 Å². The van der Waals surface area contributed by atoms with Crippen molar-refractivity contribution in [1.29, 1.82) is 0 Å². The summed E-state index contributed by atoms with van der Waals surface area (Å²) in [4.78, 5) is 21.8. The van der Waals surface area contributed by atoms with Crippen molar-refractivity contribution in [2.45, 2.75) is 12.6 Å². The lowest BCUT2D eigenvalue weighted by atomic mass is 10.4. The third kappa shape index (κ3) is 2.44. The predicted octanol–water partition coefficient (Wildman–Crippen LogP) is 1.32. The molecule has 0 aliphatic carbocycles. The van der Waals surface area contributed by atoms with Crippen LogP contribution in [0.25, 0.3) is 0 Å². The van der Waals surface area contributed by atoms with Crippen LogP contribution in [0, 0.1) is 0 Å². The monoisotopic (exact) mass is 224 g/mol. The van der Waals surface area contributed by atoms with Crippen LogP contribution < -0.4 is 5.19 Å². The van der Waals surface area contributed by atoms with E-state index in [4.69, 9.17) is 10.2 Å². The van der Waals surface area contributed by atoms with E-state index in [9.17, 15) is 9.59 Å². The normalized spacial score (nSPS) is 14.2. The van der Waals surface area contributed by atoms with Gasteiger partial charge in [0.15, 0.2) is 0 Å². The molecule has 5 heteroatoms. The topological polar surface area (TPSA) is 74.6 Å². The molecule has 0 spiro atoms. The van der Waals surface area contributed by atoms with Crippen molar-refractivity contribution in [2.24, 2.45) is 0 Å². The van der Waals surface area contributed by atoms with Crippen molar-refractivity contribution in [3.05, 3.63) is 30.3 Å². The Morgan fingerprint density at radius 3 is 2.13 bits per heavy atom. The Morgan fingerprint density at radius 1 is 1.20 bits per heavy atom. The van der Waals surface area contributed by atoms with Gasteiger partial charge in [0.2, 0.25) is 8.07 Å². The minimum atomic E-state index is -2.95. The van der Waals surface area contributed by atoms with Crippen LogP contribution >= 0.6 is 0 Å². The standard InChI is InChI=1S/C10H12O4Si/c1-15(10(13)14,7-9(11)12)8-5-3-2-4-6-8/h2-6H,7H2,1H3,(H,11,12)(H,13,14). The molecule has 80 valence electrons. The molecule has 2 N–H and O–H groups in total. The number of hydrogen-bond donors (Lipinski definition) is 2. The Bertz CT molecular complexity index is 376. The van der Waals surface area contributed by atoms with E-state index < -0.39 is 19.6 Å². The summed E-state index contributed by atoms with van der Waals surface area (Å²) in [6.07, 6.45) is 0. The number of hydrogen-bond acceptors (Lipinski definition) is 2. The molecule has 0 fully saturated rings. The molecule has 0 aromatic heterocycles. The fourth-order valence-electron chi connectivity index (χ4n) is 1.41. The molecule has 0 saturated heterocycles. The van der Waals surface area contributed by atoms with E-state index in [0.29, 0.717) is 5.19 Å². The third-order valence-electron chi connectivity index (χ3n) is 2.39. The van der Waals surface area contributed by atoms with Crippen LogP contribution in [-0.4, -0.2) is 29.8 Å². The average Bonchev–Trinajstić information content (AvgIpc) is 2.17. The van der Waals surface area contributed by atoms with Gasteiger partial charge in [-0.3, -0.25) is 9.59 Å². The molecular formula is C10H12O4Si. The zero-order valence-corrected chi connectivity index (χ0v) is 9.30. The Labute approximate surface area is 88.2 Å². The van der Waals surface area contributed by atoms with E-state index >= 15 is 0 Å². The van der Waals surface area contributed by atoms with E-state index in [-0.39, 0.29) is 6.04 Å². The number of aliphatic carboxylic acids is 1. The SMILES string of the molecule is C[Si](CC(=O)O)(C(=O)O)c1ccccc1. The fourth-order valence-corrected chi connectivity index (χ4v) is 3.54. The molecular weight excluding hydrogens is 212 g/mol. The molecule has 0 saturated carbocycles. The first-order chi connectivity index (χ1) is 6.97. The van der Waals surface area contributed by atoms with Gasteiger partial charge in [0.1, 0.15) is 0 Å². The summed E-state index contributed by atoms with van der Waals surface area (Å²) in [6, 6.07) is 8.32. The van der Waals surface area contributed by atoms with Gasteiger partial charge in [-0.1, -0.05) is 36.9 Å². The highest BCUT2D eigenvalue weighted by atomic mass is 28.3. The van der Waals surface area contributed by atoms with Crippen LogP contribution in [0.5, 0.6) is 0 Å². The van der Waals surface area contributed by atoms with Gasteiger partial charge in [-0.05, 0) is 5.19 Å². The largest absolute Gasteiger partial charge is 0.485 e. The second kappa shape index (κ2) is 4.27. The second-order valence-corrected chi connectivity index (χ2v) is 7.60. The Hall–Kier alpha value is -1.62. The van der Waals surface area contributed by atoms with Crippen LogP contribution in [0.2, 0.25) is 12.6 Å². The van der Waals surface area contributed by atoms with Crippen molar-refractivity contribution in [1.82, 2.24) is 0 Å². The van der Waals surface area contributed by atoms with E-state index in [1.807, 2.05) is 0 Å². The molecule has 1 unspecified atom stereocenters. The van der Waals surface area contributed by atoms with Crippen molar-refractivity contribution in [2.75, 3.05) is 0 Å². The lowest BCUT2D eigenvalue weighted by Crippen LogP contribution is -2.53. The van der Waals surface area contributed by atoms with Gasteiger partial charge in [-0.2, -0.15) is 0 Å². The summed E-state index contributed by atoms with van der Waals surface area (Å²) in [5, 5.41) is 18.5. The fraction of sp³-hybridized carbons (Fsp3) is 0.200. The Kier molecular flexibility index (Phi) is 3.26. The Balaban J connectivity index is 3.13. The van der Waals surface area contributed by atoms with Crippen LogP contribution in [0.3, 0.4) is 0 Å². The second-order valence-electron chi connectivity index (χ2n) is 3.57. The molecule has 1 aromatic rings. The molecule has 0 bridgehead atoms. The maximum absolute atomic E-state index is 11.2. The van der Waals surface area contributed by atoms with Gasteiger partial charge >= 0.3 is 5.97 Å². The number of carboxylic acids is 1. The molecule has 0 amide bonds. The van der Waals surface area contributed by atoms with Crippen LogP contribution in [-0.2, 0) is 4.79 Å². The molecule has 15 heavy (non-hydrogen) atoms. The highest BCUT2D eigenvalue weighted by Crippen LogP contribution is 2.11. The predicted molar refractivity (Wildman–Crippen MR) is 58.2 cm³/mol. The first-order valence-electron chi connectivity index (χ1n) is 4.47. The summed E-state index contributed by atoms with van der Waals surface area (Å²) >= 11 is 0. The number of carboxylic acid groups (broad SMARTS) is 2. The summed E-state index contributed by atoms with van der Waals surface area (Å²) in [5.74, 6) is -1.06. The zero-order valence-electron chi connectivity index (χ0n) is 8.30. The molecule has 4 nitrogen and oxygen atoms in total. The lowest BCUT2D eigenvalue weighted by Gasteiger charge is -2.20. The number of carbonyl (C=O) groups is 2. The zero-order chi connectivity index (χ0) is 11.5. The minimum Gasteiger partial charge on any atom is -0.485 e. The highest BCUT2D eigenvalue weighted by Gasteiger charge is 2.40. The van der Waals surface area contributed by atoms with Crippen molar-refractivity contribution < 1.29 is 19.8 Å². The first-order valence-corrected chi connectivity index (χ1v) is 7.18. The third-order valence-corrected chi connectivity index (χ3v) is 5.95. The minimum absolute atomic E-state index is 0.285. The summed E-state index contributed by atoms with van der Waals surface area (Å²) in [6.45, 7) is 1.55. The maximum Gasteiger partial charge on any atom is 0.301 e. The van der Waals surface area contributed by atoms with Crippen molar-refractivity contribution in [3.8, 4) is 0 Å². The van der Waals surface area contributed by atoms with E-state index in [1.165, 1.54) is 0 Å². The molecule has 1 aromatic carbocycles. The lowest BCUT2D eigenvalue weighted by molar-refractivity contribution is -0.134. The van der Waals surface area contributed by atoms with Gasteiger partial charge in [-0.25, -0.2) is 0 Å². The summed E-state index contributed by atoms with van der Waals surface area (Å²) < 4.78 is 0. The molecule has 1 rings (SSSR count). The maximum atomic E-state index is 11.2. The molecule has 0 aliphatic rings. The van der Waals surface area contributed by atoms with Gasteiger partial charge in [0.05, 0.1) is 6.04 Å².